The Morgan fingerprint density at radius 2 is 2.00 bits per heavy atom. The van der Waals surface area contributed by atoms with Gasteiger partial charge in [-0.25, -0.2) is 0 Å². The van der Waals surface area contributed by atoms with Gasteiger partial charge in [-0.15, -0.1) is 0 Å². The lowest BCUT2D eigenvalue weighted by Crippen LogP contribution is -2.25. The van der Waals surface area contributed by atoms with Gasteiger partial charge in [-0.05, 0) is 51.0 Å². The Morgan fingerprint density at radius 3 is 2.60 bits per heavy atom. The molecule has 0 atom stereocenters. The molecular formula is C16H22ClNO2. The van der Waals surface area contributed by atoms with Gasteiger partial charge in [0, 0.05) is 22.2 Å². The summed E-state index contributed by atoms with van der Waals surface area (Å²) in [6.45, 7) is 0. The van der Waals surface area contributed by atoms with E-state index in [9.17, 15) is 0 Å². The van der Waals surface area contributed by atoms with Crippen LogP contribution in [0.4, 0.5) is 0 Å². The second-order valence-corrected chi connectivity index (χ2v) is 6.60. The molecule has 0 saturated heterocycles. The van der Waals surface area contributed by atoms with E-state index in [1.807, 2.05) is 12.1 Å². The number of nitrogens with two attached hydrogens (primary N) is 1. The van der Waals surface area contributed by atoms with E-state index in [0.717, 1.165) is 49.2 Å². The summed E-state index contributed by atoms with van der Waals surface area (Å²) < 4.78 is 11.7. The molecule has 2 fully saturated rings. The van der Waals surface area contributed by atoms with Gasteiger partial charge in [0.05, 0.1) is 13.2 Å². The zero-order valence-electron chi connectivity index (χ0n) is 12.0. The van der Waals surface area contributed by atoms with E-state index in [1.54, 1.807) is 7.11 Å². The fourth-order valence-electron chi connectivity index (χ4n) is 2.93. The first kappa shape index (κ1) is 14.0. The molecule has 0 radical (unpaired) electrons. The molecule has 2 aliphatic rings. The maximum absolute atomic E-state index is 6.26. The van der Waals surface area contributed by atoms with Crippen molar-refractivity contribution in [2.75, 3.05) is 7.11 Å². The van der Waals surface area contributed by atoms with Crippen molar-refractivity contribution in [3.8, 4) is 11.5 Å². The molecule has 2 saturated carbocycles. The summed E-state index contributed by atoms with van der Waals surface area (Å²) in [5.41, 5.74) is 7.28. The molecule has 0 bridgehead atoms. The lowest BCUT2D eigenvalue weighted by atomic mass is 10.0. The highest BCUT2D eigenvalue weighted by atomic mass is 35.5. The van der Waals surface area contributed by atoms with Gasteiger partial charge in [-0.2, -0.15) is 0 Å². The third-order valence-electron chi connectivity index (χ3n) is 4.34. The minimum atomic E-state index is -0.0660. The first-order valence-corrected chi connectivity index (χ1v) is 7.79. The van der Waals surface area contributed by atoms with Crippen LogP contribution in [0.3, 0.4) is 0 Å². The van der Waals surface area contributed by atoms with E-state index in [-0.39, 0.29) is 5.54 Å². The van der Waals surface area contributed by atoms with E-state index < -0.39 is 0 Å². The zero-order valence-corrected chi connectivity index (χ0v) is 12.7. The van der Waals surface area contributed by atoms with Crippen molar-refractivity contribution < 1.29 is 9.47 Å². The SMILES string of the molecule is COc1cc(Cl)cc(CC2(N)CC2)c1OC1CCCC1. The molecule has 3 rings (SSSR count). The summed E-state index contributed by atoms with van der Waals surface area (Å²) in [7, 11) is 1.66. The van der Waals surface area contributed by atoms with Crippen LogP contribution in [0.5, 0.6) is 11.5 Å². The molecular weight excluding hydrogens is 274 g/mol. The lowest BCUT2D eigenvalue weighted by molar-refractivity contribution is 0.198. The quantitative estimate of drug-likeness (QED) is 0.901. The van der Waals surface area contributed by atoms with Crippen LogP contribution in [-0.2, 0) is 6.42 Å². The monoisotopic (exact) mass is 295 g/mol. The first-order chi connectivity index (χ1) is 9.59. The number of hydrogen-bond acceptors (Lipinski definition) is 3. The predicted molar refractivity (Wildman–Crippen MR) is 80.7 cm³/mol. The van der Waals surface area contributed by atoms with E-state index >= 15 is 0 Å². The Bertz CT molecular complexity index is 493. The second-order valence-electron chi connectivity index (χ2n) is 6.16. The molecule has 3 nitrogen and oxygen atoms in total. The van der Waals surface area contributed by atoms with Crippen molar-refractivity contribution in [3.63, 3.8) is 0 Å². The molecule has 1 aromatic carbocycles. The Hall–Kier alpha value is -0.930. The summed E-state index contributed by atoms with van der Waals surface area (Å²) in [6.07, 6.45) is 8.00. The van der Waals surface area contributed by atoms with Crippen molar-refractivity contribution in [2.24, 2.45) is 5.73 Å². The number of ether oxygens (including phenoxy) is 2. The number of halogens is 1. The van der Waals surface area contributed by atoms with Crippen molar-refractivity contribution in [3.05, 3.63) is 22.7 Å². The third-order valence-corrected chi connectivity index (χ3v) is 4.56. The van der Waals surface area contributed by atoms with Gasteiger partial charge in [0.25, 0.3) is 0 Å². The fourth-order valence-corrected chi connectivity index (χ4v) is 3.16. The van der Waals surface area contributed by atoms with Crippen LogP contribution in [0, 0.1) is 0 Å². The molecule has 20 heavy (non-hydrogen) atoms. The summed E-state index contributed by atoms with van der Waals surface area (Å²) >= 11 is 6.19. The maximum atomic E-state index is 6.26. The van der Waals surface area contributed by atoms with Crippen LogP contribution in [0.25, 0.3) is 0 Å². The van der Waals surface area contributed by atoms with Gasteiger partial charge in [-0.1, -0.05) is 11.6 Å². The summed E-state index contributed by atoms with van der Waals surface area (Å²) in [4.78, 5) is 0. The maximum Gasteiger partial charge on any atom is 0.164 e. The summed E-state index contributed by atoms with van der Waals surface area (Å²) in [6, 6.07) is 3.80. The van der Waals surface area contributed by atoms with Crippen molar-refractivity contribution in [2.45, 2.75) is 56.6 Å². The number of methoxy groups -OCH3 is 1. The van der Waals surface area contributed by atoms with E-state index in [0.29, 0.717) is 11.1 Å². The topological polar surface area (TPSA) is 44.5 Å². The second kappa shape index (κ2) is 5.45. The molecule has 2 N–H and O–H groups in total. The van der Waals surface area contributed by atoms with Crippen LogP contribution < -0.4 is 15.2 Å². The lowest BCUT2D eigenvalue weighted by Gasteiger charge is -2.21. The predicted octanol–water partition coefficient (Wildman–Crippen LogP) is 3.70. The molecule has 0 aromatic heterocycles. The summed E-state index contributed by atoms with van der Waals surface area (Å²) in [5.74, 6) is 1.57. The molecule has 110 valence electrons. The van der Waals surface area contributed by atoms with Crippen LogP contribution >= 0.6 is 11.6 Å². The Labute approximate surface area is 125 Å². The van der Waals surface area contributed by atoms with E-state index in [2.05, 4.69) is 0 Å². The number of benzene rings is 1. The standard InChI is InChI=1S/C16H22ClNO2/c1-19-14-9-12(17)8-11(10-16(18)6-7-16)15(14)20-13-4-2-3-5-13/h8-9,13H,2-7,10,18H2,1H3. The molecule has 0 spiro atoms. The Balaban J connectivity index is 1.89. The molecule has 0 aliphatic heterocycles. The number of rotatable bonds is 5. The molecule has 0 amide bonds. The first-order valence-electron chi connectivity index (χ1n) is 7.42. The zero-order chi connectivity index (χ0) is 14.2. The van der Waals surface area contributed by atoms with Crippen LogP contribution in [-0.4, -0.2) is 18.8 Å². The van der Waals surface area contributed by atoms with Gasteiger partial charge in [0.2, 0.25) is 0 Å². The van der Waals surface area contributed by atoms with Gasteiger partial charge < -0.3 is 15.2 Å². The number of hydrogen-bond donors (Lipinski definition) is 1. The minimum absolute atomic E-state index is 0.0660. The van der Waals surface area contributed by atoms with Gasteiger partial charge in [-0.3, -0.25) is 0 Å². The van der Waals surface area contributed by atoms with Crippen molar-refractivity contribution >= 4 is 11.6 Å². The molecule has 0 unspecified atom stereocenters. The highest BCUT2D eigenvalue weighted by molar-refractivity contribution is 6.30. The minimum Gasteiger partial charge on any atom is -0.493 e. The average molecular weight is 296 g/mol. The van der Waals surface area contributed by atoms with Gasteiger partial charge in [0.15, 0.2) is 11.5 Å². The van der Waals surface area contributed by atoms with Crippen molar-refractivity contribution in [1.82, 2.24) is 0 Å². The smallest absolute Gasteiger partial charge is 0.164 e. The van der Waals surface area contributed by atoms with E-state index in [4.69, 9.17) is 26.8 Å². The average Bonchev–Trinajstić information content (AvgIpc) is 2.92. The highest BCUT2D eigenvalue weighted by Gasteiger charge is 2.39. The van der Waals surface area contributed by atoms with Crippen LogP contribution in [0.15, 0.2) is 12.1 Å². The molecule has 0 heterocycles. The Morgan fingerprint density at radius 1 is 1.30 bits per heavy atom. The Kier molecular flexibility index (Phi) is 3.83. The van der Waals surface area contributed by atoms with Crippen LogP contribution in [0.1, 0.15) is 44.1 Å². The van der Waals surface area contributed by atoms with Crippen molar-refractivity contribution in [1.29, 1.82) is 0 Å². The normalized spacial score (nSPS) is 20.9. The molecule has 1 aromatic rings. The van der Waals surface area contributed by atoms with Gasteiger partial charge >= 0.3 is 0 Å². The van der Waals surface area contributed by atoms with Gasteiger partial charge in [0.1, 0.15) is 0 Å². The highest BCUT2D eigenvalue weighted by Crippen LogP contribution is 2.43. The summed E-state index contributed by atoms with van der Waals surface area (Å²) in [5, 5.41) is 0.680. The largest absolute Gasteiger partial charge is 0.493 e. The fraction of sp³-hybridized carbons (Fsp3) is 0.625. The third kappa shape index (κ3) is 3.04. The molecule has 2 aliphatic carbocycles. The van der Waals surface area contributed by atoms with E-state index in [1.165, 1.54) is 12.8 Å². The molecule has 4 heteroatoms. The van der Waals surface area contributed by atoms with Crippen LogP contribution in [0.2, 0.25) is 5.02 Å².